The van der Waals surface area contributed by atoms with Gasteiger partial charge in [0.2, 0.25) is 0 Å². The topological polar surface area (TPSA) is 36.0 Å². The minimum atomic E-state index is 0.509. The summed E-state index contributed by atoms with van der Waals surface area (Å²) in [5.74, 6) is 1.58. The molecule has 0 unspecified atom stereocenters. The van der Waals surface area contributed by atoms with E-state index in [2.05, 4.69) is 97.2 Å². The predicted octanol–water partition coefficient (Wildman–Crippen LogP) is 7.60. The van der Waals surface area contributed by atoms with E-state index < -0.39 is 0 Å². The van der Waals surface area contributed by atoms with Crippen molar-refractivity contribution in [3.8, 4) is 6.07 Å². The van der Waals surface area contributed by atoms with Crippen molar-refractivity contribution < 1.29 is 9.31 Å². The first-order chi connectivity index (χ1) is 16.5. The molecule has 5 heteroatoms. The molecule has 4 rings (SSSR count). The second kappa shape index (κ2) is 11.3. The quantitative estimate of drug-likeness (QED) is 0.345. The molecule has 168 valence electrons. The van der Waals surface area contributed by atoms with Crippen molar-refractivity contribution in [1.82, 2.24) is 0 Å². The zero-order valence-corrected chi connectivity index (χ0v) is 21.9. The first kappa shape index (κ1) is 23.9. The van der Waals surface area contributed by atoms with Gasteiger partial charge in [-0.25, -0.2) is 4.58 Å². The first-order valence-electron chi connectivity index (χ1n) is 10.9. The molecule has 0 N–H and O–H groups in total. The molecule has 0 amide bonds. The Kier molecular flexibility index (Phi) is 7.95. The van der Waals surface area contributed by atoms with Gasteiger partial charge in [-0.05, 0) is 71.4 Å². The van der Waals surface area contributed by atoms with Crippen molar-refractivity contribution >= 4 is 48.9 Å². The van der Waals surface area contributed by atoms with Crippen molar-refractivity contribution in [1.29, 1.82) is 5.26 Å². The first-order valence-corrected chi connectivity index (χ1v) is 12.5. The van der Waals surface area contributed by atoms with E-state index in [4.69, 9.17) is 10.00 Å². The molecule has 0 spiro atoms. The van der Waals surface area contributed by atoms with Crippen LogP contribution in [-0.2, 0) is 4.74 Å². The number of hydrogen-bond acceptors (Lipinski definition) is 2. The van der Waals surface area contributed by atoms with Crippen molar-refractivity contribution in [3.05, 3.63) is 129 Å². The Bertz CT molecular complexity index is 1310. The van der Waals surface area contributed by atoms with Gasteiger partial charge in [-0.15, -0.1) is 0 Å². The standard InChI is InChI=1S/C29H23Br2N2O/c1-33(18-2-17-32)27-14-3-21(4-15-27)5-16-28-19-24(22-6-10-25(30)11-7-22)20-29(34-28)23-8-12-26(31)13-9-23/h3-16,19-20H,2,18H2,1H3/q+1. The predicted molar refractivity (Wildman–Crippen MR) is 146 cm³/mol. The normalized spacial score (nSPS) is 16.0. The Morgan fingerprint density at radius 2 is 1.47 bits per heavy atom. The van der Waals surface area contributed by atoms with Gasteiger partial charge in [0.05, 0.1) is 12.5 Å². The van der Waals surface area contributed by atoms with Crippen LogP contribution < -0.4 is 0 Å². The number of nitriles is 1. The molecule has 0 saturated heterocycles. The van der Waals surface area contributed by atoms with Crippen molar-refractivity contribution in [2.24, 2.45) is 0 Å². The lowest BCUT2D eigenvalue weighted by Crippen LogP contribution is -2.16. The number of allylic oxidation sites excluding steroid dienone is 10. The van der Waals surface area contributed by atoms with E-state index in [0.29, 0.717) is 13.0 Å². The number of nitrogens with zero attached hydrogens (tertiary/aromatic N) is 2. The highest BCUT2D eigenvalue weighted by molar-refractivity contribution is 9.10. The molecule has 2 aliphatic rings. The molecule has 0 saturated carbocycles. The summed E-state index contributed by atoms with van der Waals surface area (Å²) in [5.41, 5.74) is 5.39. The summed E-state index contributed by atoms with van der Waals surface area (Å²) < 4.78 is 10.4. The fourth-order valence-electron chi connectivity index (χ4n) is 3.53. The highest BCUT2D eigenvalue weighted by atomic mass is 79.9. The van der Waals surface area contributed by atoms with E-state index in [1.807, 2.05) is 49.5 Å². The molecule has 1 heterocycles. The van der Waals surface area contributed by atoms with Crippen LogP contribution in [0.5, 0.6) is 0 Å². The van der Waals surface area contributed by atoms with Crippen LogP contribution in [0, 0.1) is 11.3 Å². The van der Waals surface area contributed by atoms with Crippen molar-refractivity contribution in [3.63, 3.8) is 0 Å². The van der Waals surface area contributed by atoms with Gasteiger partial charge in [0.15, 0.2) is 12.3 Å². The molecule has 0 aromatic heterocycles. The highest BCUT2D eigenvalue weighted by Gasteiger charge is 2.14. The van der Waals surface area contributed by atoms with E-state index in [-0.39, 0.29) is 0 Å². The summed E-state index contributed by atoms with van der Waals surface area (Å²) in [6.07, 6.45) is 17.0. The molecule has 0 fully saturated rings. The summed E-state index contributed by atoms with van der Waals surface area (Å²) in [7, 11) is 2.00. The summed E-state index contributed by atoms with van der Waals surface area (Å²) >= 11 is 7.02. The summed E-state index contributed by atoms with van der Waals surface area (Å²) in [6, 6.07) is 18.6. The Balaban J connectivity index is 1.62. The summed E-state index contributed by atoms with van der Waals surface area (Å²) in [5, 5.41) is 8.79. The lowest BCUT2D eigenvalue weighted by molar-refractivity contribution is -0.494. The van der Waals surface area contributed by atoms with Crippen LogP contribution >= 0.6 is 31.9 Å². The summed E-state index contributed by atoms with van der Waals surface area (Å²) in [6.45, 7) is 0.715. The van der Waals surface area contributed by atoms with Crippen LogP contribution in [0.4, 0.5) is 0 Å². The average molecular weight is 575 g/mol. The maximum Gasteiger partial charge on any atom is 0.199 e. The fourth-order valence-corrected chi connectivity index (χ4v) is 4.06. The maximum absolute atomic E-state index is 8.79. The van der Waals surface area contributed by atoms with Crippen LogP contribution in [0.3, 0.4) is 0 Å². The van der Waals surface area contributed by atoms with Gasteiger partial charge in [0, 0.05) is 26.7 Å². The third-order valence-corrected chi connectivity index (χ3v) is 6.51. The zero-order chi connectivity index (χ0) is 23.9. The second-order valence-electron chi connectivity index (χ2n) is 7.88. The average Bonchev–Trinajstić information content (AvgIpc) is 2.87. The summed E-state index contributed by atoms with van der Waals surface area (Å²) in [4.78, 5) is 0. The molecular weight excluding hydrogens is 552 g/mol. The van der Waals surface area contributed by atoms with Crippen molar-refractivity contribution in [2.75, 3.05) is 13.6 Å². The van der Waals surface area contributed by atoms with Gasteiger partial charge in [0.1, 0.15) is 18.6 Å². The lowest BCUT2D eigenvalue weighted by atomic mass is 10.0. The molecule has 1 aliphatic carbocycles. The number of ether oxygens (including phenoxy) is 1. The van der Waals surface area contributed by atoms with Gasteiger partial charge < -0.3 is 4.74 Å². The molecule has 2 aromatic carbocycles. The van der Waals surface area contributed by atoms with E-state index in [9.17, 15) is 0 Å². The van der Waals surface area contributed by atoms with Gasteiger partial charge >= 0.3 is 0 Å². The largest absolute Gasteiger partial charge is 0.457 e. The monoisotopic (exact) mass is 573 g/mol. The molecule has 34 heavy (non-hydrogen) atoms. The smallest absolute Gasteiger partial charge is 0.199 e. The maximum atomic E-state index is 8.79. The SMILES string of the molecule is C[N+](CCC#N)=C1C=CC(=CC=C2C=C(c3ccc(Br)cc3)C=C(c3ccc(Br)cc3)O2)C=C1. The molecule has 0 atom stereocenters. The van der Waals surface area contributed by atoms with Crippen molar-refractivity contribution in [2.45, 2.75) is 6.42 Å². The minimum absolute atomic E-state index is 0.509. The van der Waals surface area contributed by atoms with Gasteiger partial charge in [-0.1, -0.05) is 62.2 Å². The van der Waals surface area contributed by atoms with E-state index in [1.165, 1.54) is 0 Å². The molecule has 0 bridgehead atoms. The van der Waals surface area contributed by atoms with Crippen LogP contribution in [0.1, 0.15) is 17.5 Å². The molecule has 2 aromatic rings. The van der Waals surface area contributed by atoms with Crippen LogP contribution in [0.15, 0.2) is 117 Å². The van der Waals surface area contributed by atoms with Crippen LogP contribution in [0.25, 0.3) is 11.3 Å². The van der Waals surface area contributed by atoms with Gasteiger partial charge in [0.25, 0.3) is 0 Å². The van der Waals surface area contributed by atoms with E-state index in [0.717, 1.165) is 48.4 Å². The Morgan fingerprint density at radius 1 is 0.853 bits per heavy atom. The van der Waals surface area contributed by atoms with Gasteiger partial charge in [-0.3, -0.25) is 0 Å². The van der Waals surface area contributed by atoms with E-state index in [1.54, 1.807) is 0 Å². The van der Waals surface area contributed by atoms with Crippen LogP contribution in [0.2, 0.25) is 0 Å². The number of halogens is 2. The molecule has 1 aliphatic heterocycles. The highest BCUT2D eigenvalue weighted by Crippen LogP contribution is 2.32. The zero-order valence-electron chi connectivity index (χ0n) is 18.7. The number of rotatable bonds is 5. The molecular formula is C29H23Br2N2O+. The Labute approximate surface area is 217 Å². The second-order valence-corrected chi connectivity index (χ2v) is 9.71. The van der Waals surface area contributed by atoms with Crippen LogP contribution in [-0.4, -0.2) is 23.9 Å². The third-order valence-electron chi connectivity index (χ3n) is 5.45. The third kappa shape index (κ3) is 6.22. The lowest BCUT2D eigenvalue weighted by Gasteiger charge is -2.18. The Hall–Kier alpha value is -3.20. The molecule has 0 radical (unpaired) electrons. The fraction of sp³-hybridized carbons (Fsp3) is 0.103. The van der Waals surface area contributed by atoms with E-state index >= 15 is 0 Å². The Morgan fingerprint density at radius 3 is 2.09 bits per heavy atom. The minimum Gasteiger partial charge on any atom is -0.457 e. The number of benzene rings is 2. The molecule has 3 nitrogen and oxygen atoms in total. The number of hydrogen-bond donors (Lipinski definition) is 0. The van der Waals surface area contributed by atoms with Gasteiger partial charge in [-0.2, -0.15) is 5.26 Å².